The molecule has 0 spiro atoms. The summed E-state index contributed by atoms with van der Waals surface area (Å²) < 4.78 is 3.46. The molecule has 146 valence electrons. The van der Waals surface area contributed by atoms with Gasteiger partial charge in [0.25, 0.3) is 5.91 Å². The van der Waals surface area contributed by atoms with Crippen molar-refractivity contribution in [2.45, 2.75) is 13.2 Å². The summed E-state index contributed by atoms with van der Waals surface area (Å²) in [7, 11) is 0. The van der Waals surface area contributed by atoms with Gasteiger partial charge in [-0.25, -0.2) is 0 Å². The van der Waals surface area contributed by atoms with Crippen molar-refractivity contribution in [1.29, 1.82) is 0 Å². The standard InChI is InChI=1S/C19H20Cl2N6O/c20-16-3-2-15(17(21)12-16)13-24-8-10-25(11-9-24)19(28)18-4-7-27(23-18)14-26-6-1-5-22-26/h1-7,12H,8-11,13-14H2. The lowest BCUT2D eigenvalue weighted by Gasteiger charge is -2.34. The van der Waals surface area contributed by atoms with Crippen molar-refractivity contribution in [1.82, 2.24) is 29.4 Å². The fraction of sp³-hybridized carbons (Fsp3) is 0.316. The Hall–Kier alpha value is -2.35. The van der Waals surface area contributed by atoms with Crippen LogP contribution in [0.5, 0.6) is 0 Å². The maximum atomic E-state index is 12.7. The molecule has 4 rings (SSSR count). The van der Waals surface area contributed by atoms with Crippen molar-refractivity contribution in [3.05, 3.63) is 70.2 Å². The number of hydrogen-bond acceptors (Lipinski definition) is 4. The maximum absolute atomic E-state index is 12.7. The third-order valence-corrected chi connectivity index (χ3v) is 5.36. The second-order valence-corrected chi connectivity index (χ2v) is 7.58. The lowest BCUT2D eigenvalue weighted by atomic mass is 10.2. The topological polar surface area (TPSA) is 59.2 Å². The van der Waals surface area contributed by atoms with Gasteiger partial charge < -0.3 is 4.90 Å². The zero-order valence-corrected chi connectivity index (χ0v) is 16.7. The number of benzene rings is 1. The Morgan fingerprint density at radius 2 is 1.86 bits per heavy atom. The highest BCUT2D eigenvalue weighted by atomic mass is 35.5. The van der Waals surface area contributed by atoms with Crippen LogP contribution < -0.4 is 0 Å². The van der Waals surface area contributed by atoms with Crippen LogP contribution in [-0.4, -0.2) is 61.4 Å². The molecule has 0 N–H and O–H groups in total. The number of amides is 1. The van der Waals surface area contributed by atoms with E-state index in [1.807, 2.05) is 29.3 Å². The van der Waals surface area contributed by atoms with Crippen molar-refractivity contribution >= 4 is 29.1 Å². The first-order valence-corrected chi connectivity index (χ1v) is 9.80. The number of halogens is 2. The summed E-state index contributed by atoms with van der Waals surface area (Å²) >= 11 is 12.2. The summed E-state index contributed by atoms with van der Waals surface area (Å²) in [5.41, 5.74) is 1.50. The molecule has 3 aromatic rings. The number of carbonyl (C=O) groups is 1. The van der Waals surface area contributed by atoms with E-state index in [4.69, 9.17) is 23.2 Å². The van der Waals surface area contributed by atoms with E-state index in [1.165, 1.54) is 0 Å². The average Bonchev–Trinajstić information content (AvgIpc) is 3.37. The van der Waals surface area contributed by atoms with Crippen molar-refractivity contribution in [3.63, 3.8) is 0 Å². The molecule has 1 fully saturated rings. The summed E-state index contributed by atoms with van der Waals surface area (Å²) in [4.78, 5) is 16.9. The molecule has 9 heteroatoms. The molecule has 1 amide bonds. The fourth-order valence-corrected chi connectivity index (χ4v) is 3.72. The van der Waals surface area contributed by atoms with Gasteiger partial charge >= 0.3 is 0 Å². The van der Waals surface area contributed by atoms with Crippen molar-refractivity contribution in [2.75, 3.05) is 26.2 Å². The van der Waals surface area contributed by atoms with Crippen LogP contribution in [-0.2, 0) is 13.2 Å². The average molecular weight is 419 g/mol. The molecule has 1 aliphatic rings. The SMILES string of the molecule is O=C(c1ccn(Cn2cccn2)n1)N1CCN(Cc2ccc(Cl)cc2Cl)CC1. The molecule has 7 nitrogen and oxygen atoms in total. The van der Waals surface area contributed by atoms with E-state index in [0.29, 0.717) is 35.5 Å². The van der Waals surface area contributed by atoms with Crippen LogP contribution in [0.2, 0.25) is 10.0 Å². The minimum Gasteiger partial charge on any atom is -0.335 e. The van der Waals surface area contributed by atoms with Crippen LogP contribution in [0.1, 0.15) is 16.1 Å². The second kappa shape index (κ2) is 8.34. The minimum atomic E-state index is -0.0385. The molecule has 0 atom stereocenters. The van der Waals surface area contributed by atoms with Crippen LogP contribution in [0.3, 0.4) is 0 Å². The quantitative estimate of drug-likeness (QED) is 0.638. The zero-order valence-electron chi connectivity index (χ0n) is 15.2. The molecule has 28 heavy (non-hydrogen) atoms. The Kier molecular flexibility index (Phi) is 5.66. The molecule has 0 bridgehead atoms. The number of nitrogens with zero attached hydrogens (tertiary/aromatic N) is 6. The van der Waals surface area contributed by atoms with Gasteiger partial charge in [-0.1, -0.05) is 29.3 Å². The Labute approximate surface area is 173 Å². The number of aromatic nitrogens is 4. The van der Waals surface area contributed by atoms with Gasteiger partial charge in [0.15, 0.2) is 0 Å². The number of piperazine rings is 1. The Morgan fingerprint density at radius 1 is 1.04 bits per heavy atom. The van der Waals surface area contributed by atoms with E-state index in [2.05, 4.69) is 15.1 Å². The minimum absolute atomic E-state index is 0.0385. The Balaban J connectivity index is 1.32. The van der Waals surface area contributed by atoms with Gasteiger partial charge in [-0.3, -0.25) is 19.1 Å². The summed E-state index contributed by atoms with van der Waals surface area (Å²) in [6, 6.07) is 9.17. The summed E-state index contributed by atoms with van der Waals surface area (Å²) in [5.74, 6) is -0.0385. The third kappa shape index (κ3) is 4.38. The zero-order chi connectivity index (χ0) is 19.5. The highest BCUT2D eigenvalue weighted by Gasteiger charge is 2.24. The molecule has 1 aliphatic heterocycles. The van der Waals surface area contributed by atoms with Crippen LogP contribution in [0.25, 0.3) is 0 Å². The molecule has 1 saturated heterocycles. The number of rotatable bonds is 5. The third-order valence-electron chi connectivity index (χ3n) is 4.78. The molecule has 0 unspecified atom stereocenters. The van der Waals surface area contributed by atoms with Crippen LogP contribution in [0.4, 0.5) is 0 Å². The van der Waals surface area contributed by atoms with Gasteiger partial charge in [0.1, 0.15) is 12.4 Å². The van der Waals surface area contributed by atoms with Crippen LogP contribution >= 0.6 is 23.2 Å². The largest absolute Gasteiger partial charge is 0.335 e. The smallest absolute Gasteiger partial charge is 0.274 e. The van der Waals surface area contributed by atoms with Gasteiger partial charge in [-0.15, -0.1) is 0 Å². The number of carbonyl (C=O) groups excluding carboxylic acids is 1. The number of hydrogen-bond donors (Lipinski definition) is 0. The van der Waals surface area contributed by atoms with E-state index in [1.54, 1.807) is 33.9 Å². The van der Waals surface area contributed by atoms with E-state index in [0.717, 1.165) is 25.2 Å². The van der Waals surface area contributed by atoms with Gasteiger partial charge in [0.05, 0.1) is 0 Å². The van der Waals surface area contributed by atoms with Crippen molar-refractivity contribution < 1.29 is 4.79 Å². The summed E-state index contributed by atoms with van der Waals surface area (Å²) in [6.07, 6.45) is 5.37. The Morgan fingerprint density at radius 3 is 2.57 bits per heavy atom. The predicted molar refractivity (Wildman–Crippen MR) is 107 cm³/mol. The van der Waals surface area contributed by atoms with Crippen LogP contribution in [0.15, 0.2) is 48.9 Å². The van der Waals surface area contributed by atoms with Gasteiger partial charge in [-0.05, 0) is 29.8 Å². The summed E-state index contributed by atoms with van der Waals surface area (Å²) in [5, 5.41) is 9.85. The summed E-state index contributed by atoms with van der Waals surface area (Å²) in [6.45, 7) is 4.13. The highest BCUT2D eigenvalue weighted by molar-refractivity contribution is 6.35. The molecule has 0 saturated carbocycles. The molecule has 0 aliphatic carbocycles. The fourth-order valence-electron chi connectivity index (χ4n) is 3.25. The van der Waals surface area contributed by atoms with Gasteiger partial charge in [0.2, 0.25) is 0 Å². The lowest BCUT2D eigenvalue weighted by Crippen LogP contribution is -2.48. The van der Waals surface area contributed by atoms with E-state index < -0.39 is 0 Å². The van der Waals surface area contributed by atoms with Gasteiger partial charge in [-0.2, -0.15) is 10.2 Å². The maximum Gasteiger partial charge on any atom is 0.274 e. The Bertz CT molecular complexity index is 947. The van der Waals surface area contributed by atoms with E-state index >= 15 is 0 Å². The lowest BCUT2D eigenvalue weighted by molar-refractivity contribution is 0.0621. The molecule has 2 aromatic heterocycles. The molecule has 0 radical (unpaired) electrons. The van der Waals surface area contributed by atoms with E-state index in [-0.39, 0.29) is 5.91 Å². The monoisotopic (exact) mass is 418 g/mol. The first kappa shape index (κ1) is 19.0. The first-order chi connectivity index (χ1) is 13.6. The second-order valence-electron chi connectivity index (χ2n) is 6.73. The van der Waals surface area contributed by atoms with Crippen molar-refractivity contribution in [3.8, 4) is 0 Å². The highest BCUT2D eigenvalue weighted by Crippen LogP contribution is 2.22. The predicted octanol–water partition coefficient (Wildman–Crippen LogP) is 2.85. The molecular formula is C19H20Cl2N6O. The van der Waals surface area contributed by atoms with Gasteiger partial charge in [0, 0.05) is 61.4 Å². The van der Waals surface area contributed by atoms with Crippen LogP contribution in [0, 0.1) is 0 Å². The molecule has 3 heterocycles. The molecule has 1 aromatic carbocycles. The van der Waals surface area contributed by atoms with Crippen molar-refractivity contribution in [2.24, 2.45) is 0 Å². The normalized spacial score (nSPS) is 15.1. The molecular weight excluding hydrogens is 399 g/mol. The van der Waals surface area contributed by atoms with E-state index in [9.17, 15) is 4.79 Å². The first-order valence-electron chi connectivity index (χ1n) is 9.05.